The van der Waals surface area contributed by atoms with Crippen LogP contribution in [0.4, 0.5) is 0 Å². The molecule has 1 fully saturated rings. The normalized spacial score (nSPS) is 23.1. The van der Waals surface area contributed by atoms with Crippen LogP contribution in [0.5, 0.6) is 0 Å². The van der Waals surface area contributed by atoms with E-state index >= 15 is 0 Å². The predicted molar refractivity (Wildman–Crippen MR) is 49.7 cm³/mol. The SMILES string of the molecule is C[Si](C)(C)[C]1CCCCC1. The first-order valence-electron chi connectivity index (χ1n) is 4.46. The van der Waals surface area contributed by atoms with Gasteiger partial charge in [0.15, 0.2) is 0 Å². The molecular weight excluding hydrogens is 136 g/mol. The van der Waals surface area contributed by atoms with Crippen LogP contribution in [0.1, 0.15) is 32.1 Å². The number of hydrogen-bond donors (Lipinski definition) is 0. The molecule has 1 aliphatic carbocycles. The van der Waals surface area contributed by atoms with Gasteiger partial charge in [0.2, 0.25) is 0 Å². The van der Waals surface area contributed by atoms with E-state index in [4.69, 9.17) is 0 Å². The van der Waals surface area contributed by atoms with E-state index < -0.39 is 8.07 Å². The smallest absolute Gasteiger partial charge is 0.0508 e. The fraction of sp³-hybridized carbons (Fsp3) is 0.889. The van der Waals surface area contributed by atoms with Crippen molar-refractivity contribution < 1.29 is 0 Å². The van der Waals surface area contributed by atoms with Crippen LogP contribution in [0.15, 0.2) is 0 Å². The average molecular weight is 155 g/mol. The molecule has 10 heavy (non-hydrogen) atoms. The highest BCUT2D eigenvalue weighted by atomic mass is 28.3. The zero-order chi connectivity index (χ0) is 7.61. The summed E-state index contributed by atoms with van der Waals surface area (Å²) < 4.78 is 0. The molecule has 1 radical (unpaired) electrons. The van der Waals surface area contributed by atoms with E-state index in [1.54, 1.807) is 0 Å². The molecule has 1 rings (SSSR count). The van der Waals surface area contributed by atoms with Crippen molar-refractivity contribution in [1.29, 1.82) is 0 Å². The Morgan fingerprint density at radius 1 is 0.900 bits per heavy atom. The first-order valence-corrected chi connectivity index (χ1v) is 7.96. The molecule has 0 saturated heterocycles. The highest BCUT2D eigenvalue weighted by Crippen LogP contribution is 2.32. The third kappa shape index (κ3) is 2.12. The maximum atomic E-state index is 2.48. The van der Waals surface area contributed by atoms with E-state index in [0.29, 0.717) is 0 Å². The van der Waals surface area contributed by atoms with Crippen LogP contribution in [0.3, 0.4) is 0 Å². The minimum atomic E-state index is -0.840. The van der Waals surface area contributed by atoms with Crippen molar-refractivity contribution in [2.45, 2.75) is 51.7 Å². The van der Waals surface area contributed by atoms with Crippen LogP contribution in [-0.4, -0.2) is 8.07 Å². The van der Waals surface area contributed by atoms with E-state index in [1.807, 2.05) is 5.54 Å². The molecule has 1 saturated carbocycles. The molecule has 0 atom stereocenters. The minimum Gasteiger partial charge on any atom is -0.0691 e. The van der Waals surface area contributed by atoms with Gasteiger partial charge in [-0.1, -0.05) is 38.9 Å². The Morgan fingerprint density at radius 3 is 1.70 bits per heavy atom. The summed E-state index contributed by atoms with van der Waals surface area (Å²) in [6, 6.07) is 0. The summed E-state index contributed by atoms with van der Waals surface area (Å²) >= 11 is 0. The van der Waals surface area contributed by atoms with Crippen LogP contribution in [0.25, 0.3) is 0 Å². The van der Waals surface area contributed by atoms with Crippen LogP contribution in [0, 0.1) is 5.54 Å². The van der Waals surface area contributed by atoms with E-state index in [2.05, 4.69) is 19.6 Å². The van der Waals surface area contributed by atoms with Gasteiger partial charge in [-0.25, -0.2) is 0 Å². The molecule has 0 aromatic rings. The van der Waals surface area contributed by atoms with Crippen LogP contribution >= 0.6 is 0 Å². The van der Waals surface area contributed by atoms with Crippen molar-refractivity contribution in [2.24, 2.45) is 0 Å². The summed E-state index contributed by atoms with van der Waals surface area (Å²) in [5.41, 5.74) is 1.93. The van der Waals surface area contributed by atoms with Gasteiger partial charge in [0.25, 0.3) is 0 Å². The third-order valence-corrected chi connectivity index (χ3v) is 5.14. The van der Waals surface area contributed by atoms with Gasteiger partial charge in [-0.2, -0.15) is 0 Å². The van der Waals surface area contributed by atoms with Crippen molar-refractivity contribution >= 4 is 8.07 Å². The van der Waals surface area contributed by atoms with Gasteiger partial charge < -0.3 is 0 Å². The molecule has 1 heteroatoms. The number of hydrogen-bond acceptors (Lipinski definition) is 0. The minimum absolute atomic E-state index is 0.840. The van der Waals surface area contributed by atoms with Gasteiger partial charge >= 0.3 is 0 Å². The Kier molecular flexibility index (Phi) is 2.56. The summed E-state index contributed by atoms with van der Waals surface area (Å²) in [5, 5.41) is 0. The summed E-state index contributed by atoms with van der Waals surface area (Å²) in [6.45, 7) is 7.44. The maximum Gasteiger partial charge on any atom is 0.0508 e. The topological polar surface area (TPSA) is 0 Å². The molecule has 0 bridgehead atoms. The molecule has 59 valence electrons. The van der Waals surface area contributed by atoms with Gasteiger partial charge in [-0.15, -0.1) is 0 Å². The fourth-order valence-electron chi connectivity index (χ4n) is 1.73. The van der Waals surface area contributed by atoms with Crippen molar-refractivity contribution in [1.82, 2.24) is 0 Å². The monoisotopic (exact) mass is 155 g/mol. The predicted octanol–water partition coefficient (Wildman–Crippen LogP) is 3.40. The molecule has 0 nitrogen and oxygen atoms in total. The second kappa shape index (κ2) is 3.08. The largest absolute Gasteiger partial charge is 0.0691 e. The van der Waals surface area contributed by atoms with Crippen molar-refractivity contribution in [3.63, 3.8) is 0 Å². The molecule has 0 N–H and O–H groups in total. The third-order valence-electron chi connectivity index (χ3n) is 2.52. The lowest BCUT2D eigenvalue weighted by molar-refractivity contribution is 0.568. The van der Waals surface area contributed by atoms with Crippen LogP contribution in [-0.2, 0) is 0 Å². The Hall–Kier alpha value is 0.217. The Labute approximate surface area is 66.0 Å². The van der Waals surface area contributed by atoms with Gasteiger partial charge in [0.1, 0.15) is 0 Å². The van der Waals surface area contributed by atoms with E-state index in [-0.39, 0.29) is 0 Å². The highest BCUT2D eigenvalue weighted by Gasteiger charge is 2.27. The Bertz CT molecular complexity index is 95.8. The second-order valence-corrected chi connectivity index (χ2v) is 9.62. The first-order chi connectivity index (χ1) is 4.61. The average Bonchev–Trinajstić information content (AvgIpc) is 1.88. The lowest BCUT2D eigenvalue weighted by Gasteiger charge is -2.31. The Morgan fingerprint density at radius 2 is 1.40 bits per heavy atom. The summed E-state index contributed by atoms with van der Waals surface area (Å²) in [6.07, 6.45) is 7.33. The lowest BCUT2D eigenvalue weighted by atomic mass is 10.0. The maximum absolute atomic E-state index is 2.48. The van der Waals surface area contributed by atoms with Crippen molar-refractivity contribution in [2.75, 3.05) is 0 Å². The van der Waals surface area contributed by atoms with Gasteiger partial charge in [0, 0.05) is 0 Å². The molecule has 0 amide bonds. The zero-order valence-electron chi connectivity index (χ0n) is 7.54. The van der Waals surface area contributed by atoms with Crippen LogP contribution in [0.2, 0.25) is 19.6 Å². The molecule has 0 aromatic heterocycles. The zero-order valence-corrected chi connectivity index (χ0v) is 8.54. The highest BCUT2D eigenvalue weighted by molar-refractivity contribution is 6.81. The van der Waals surface area contributed by atoms with Gasteiger partial charge in [0.05, 0.1) is 8.07 Å². The van der Waals surface area contributed by atoms with Gasteiger partial charge in [-0.05, 0) is 18.4 Å². The molecule has 0 aliphatic heterocycles. The summed E-state index contributed by atoms with van der Waals surface area (Å²) in [4.78, 5) is 0. The van der Waals surface area contributed by atoms with Gasteiger partial charge in [-0.3, -0.25) is 0 Å². The molecule has 0 unspecified atom stereocenters. The second-order valence-electron chi connectivity index (χ2n) is 4.41. The molecular formula is C9H19Si. The summed E-state index contributed by atoms with van der Waals surface area (Å²) in [7, 11) is -0.840. The quantitative estimate of drug-likeness (QED) is 0.509. The van der Waals surface area contributed by atoms with E-state index in [0.717, 1.165) is 0 Å². The lowest BCUT2D eigenvalue weighted by Crippen LogP contribution is -2.32. The standard InChI is InChI=1S/C9H19Si/c1-10(2,3)9-7-5-4-6-8-9/h4-8H2,1-3H3. The molecule has 0 spiro atoms. The fourth-order valence-corrected chi connectivity index (χ4v) is 3.58. The van der Waals surface area contributed by atoms with E-state index in [1.165, 1.54) is 32.1 Å². The van der Waals surface area contributed by atoms with E-state index in [9.17, 15) is 0 Å². The Balaban J connectivity index is 2.39. The molecule has 0 aromatic carbocycles. The number of rotatable bonds is 1. The first kappa shape index (κ1) is 8.31. The molecule has 0 heterocycles. The molecule has 1 aliphatic rings. The van der Waals surface area contributed by atoms with Crippen LogP contribution < -0.4 is 0 Å². The van der Waals surface area contributed by atoms with Crippen molar-refractivity contribution in [3.8, 4) is 0 Å². The summed E-state index contributed by atoms with van der Waals surface area (Å²) in [5.74, 6) is 0. The van der Waals surface area contributed by atoms with Crippen molar-refractivity contribution in [3.05, 3.63) is 5.54 Å².